The average molecular weight is 314 g/mol. The third-order valence-corrected chi connectivity index (χ3v) is 3.88. The number of rotatable bonds is 4. The van der Waals surface area contributed by atoms with Crippen LogP contribution in [0, 0.1) is 0 Å². The molecule has 1 saturated heterocycles. The summed E-state index contributed by atoms with van der Waals surface area (Å²) in [5.41, 5.74) is 8.23. The van der Waals surface area contributed by atoms with Crippen molar-refractivity contribution in [2.75, 3.05) is 6.54 Å². The summed E-state index contributed by atoms with van der Waals surface area (Å²) in [5.74, 6) is 0.317. The van der Waals surface area contributed by atoms with E-state index in [0.29, 0.717) is 18.9 Å². The van der Waals surface area contributed by atoms with E-state index in [4.69, 9.17) is 5.73 Å². The van der Waals surface area contributed by atoms with Gasteiger partial charge in [0.05, 0.1) is 0 Å². The number of hydrogen-bond acceptors (Lipinski definition) is 3. The van der Waals surface area contributed by atoms with Crippen molar-refractivity contribution in [3.8, 4) is 0 Å². The summed E-state index contributed by atoms with van der Waals surface area (Å²) >= 11 is 0. The zero-order valence-corrected chi connectivity index (χ0v) is 13.1. The number of carbonyl (C=O) groups is 1. The van der Waals surface area contributed by atoms with E-state index < -0.39 is 0 Å². The average Bonchev–Trinajstić information content (AvgIpc) is 2.90. The Balaban J connectivity index is 1.54. The van der Waals surface area contributed by atoms with E-state index in [1.807, 2.05) is 25.3 Å². The molecule has 2 unspecified atom stereocenters. The van der Waals surface area contributed by atoms with Crippen LogP contribution in [0.5, 0.6) is 0 Å². The Kier molecular flexibility index (Phi) is 4.47. The lowest BCUT2D eigenvalue weighted by Crippen LogP contribution is -2.64. The molecule has 23 heavy (non-hydrogen) atoms. The molecule has 2 heterocycles. The fourth-order valence-corrected chi connectivity index (χ4v) is 2.79. The Morgan fingerprint density at radius 3 is 3.09 bits per heavy atom. The number of aliphatic imine (C=N–C) groups is 1. The van der Waals surface area contributed by atoms with Crippen molar-refractivity contribution in [3.05, 3.63) is 36.0 Å². The molecule has 3 rings (SSSR count). The van der Waals surface area contributed by atoms with Crippen LogP contribution < -0.4 is 21.7 Å². The number of guanidine groups is 1. The zero-order valence-electron chi connectivity index (χ0n) is 13.1. The van der Waals surface area contributed by atoms with Crippen LogP contribution in [0.25, 0.3) is 10.9 Å². The van der Waals surface area contributed by atoms with E-state index in [-0.39, 0.29) is 18.2 Å². The minimum Gasteiger partial charge on any atom is -0.370 e. The number of amides is 1. The third-order valence-electron chi connectivity index (χ3n) is 3.88. The number of para-hydroxylation sites is 1. The molecule has 1 fully saturated rings. The predicted molar refractivity (Wildman–Crippen MR) is 90.8 cm³/mol. The Morgan fingerprint density at radius 1 is 1.43 bits per heavy atom. The minimum absolute atomic E-state index is 0.000317. The maximum atomic E-state index is 11.5. The van der Waals surface area contributed by atoms with E-state index in [1.54, 1.807) is 0 Å². The molecule has 6 N–H and O–H groups in total. The first-order valence-corrected chi connectivity index (χ1v) is 7.78. The van der Waals surface area contributed by atoms with Crippen LogP contribution in [0.3, 0.4) is 0 Å². The molecule has 2 atom stereocenters. The van der Waals surface area contributed by atoms with Gasteiger partial charge in [0.15, 0.2) is 12.2 Å². The molecule has 0 radical (unpaired) electrons. The lowest BCUT2D eigenvalue weighted by Gasteiger charge is -2.30. The van der Waals surface area contributed by atoms with E-state index >= 15 is 0 Å². The quantitative estimate of drug-likeness (QED) is 0.416. The van der Waals surface area contributed by atoms with E-state index in [1.165, 1.54) is 10.9 Å². The van der Waals surface area contributed by atoms with Gasteiger partial charge in [-0.15, -0.1) is 0 Å². The van der Waals surface area contributed by atoms with Crippen molar-refractivity contribution in [1.82, 2.24) is 20.9 Å². The smallest absolute Gasteiger partial charge is 0.224 e. The van der Waals surface area contributed by atoms with Crippen molar-refractivity contribution in [2.45, 2.75) is 32.1 Å². The second-order valence-corrected chi connectivity index (χ2v) is 5.79. The highest BCUT2D eigenvalue weighted by Gasteiger charge is 2.22. The highest BCUT2D eigenvalue weighted by Crippen LogP contribution is 2.17. The summed E-state index contributed by atoms with van der Waals surface area (Å²) in [6.07, 6.45) is 2.90. The summed E-state index contributed by atoms with van der Waals surface area (Å²) in [7, 11) is 0. The number of benzene rings is 1. The highest BCUT2D eigenvalue weighted by atomic mass is 16.2. The summed E-state index contributed by atoms with van der Waals surface area (Å²) in [5, 5.41) is 10.2. The predicted octanol–water partition coefficient (Wildman–Crippen LogP) is 0.396. The van der Waals surface area contributed by atoms with Crippen LogP contribution in [-0.2, 0) is 11.2 Å². The van der Waals surface area contributed by atoms with E-state index in [2.05, 4.69) is 38.1 Å². The van der Waals surface area contributed by atoms with Crippen molar-refractivity contribution in [3.63, 3.8) is 0 Å². The molecule has 2 aromatic rings. The minimum atomic E-state index is -0.372. The normalized spacial score (nSPS) is 22.1. The Morgan fingerprint density at radius 2 is 2.26 bits per heavy atom. The topological polar surface area (TPSA) is 107 Å². The van der Waals surface area contributed by atoms with Crippen LogP contribution in [0.2, 0.25) is 0 Å². The van der Waals surface area contributed by atoms with E-state index in [9.17, 15) is 4.79 Å². The van der Waals surface area contributed by atoms with Crippen LogP contribution in [0.4, 0.5) is 0 Å². The van der Waals surface area contributed by atoms with Crippen molar-refractivity contribution in [1.29, 1.82) is 0 Å². The van der Waals surface area contributed by atoms with Gasteiger partial charge in [-0.25, -0.2) is 0 Å². The van der Waals surface area contributed by atoms with Gasteiger partial charge in [-0.2, -0.15) is 0 Å². The molecule has 0 aliphatic carbocycles. The van der Waals surface area contributed by atoms with Crippen LogP contribution in [0.15, 0.2) is 35.5 Å². The number of aromatic amines is 1. The number of H-pyrrole nitrogens is 1. The monoisotopic (exact) mass is 314 g/mol. The van der Waals surface area contributed by atoms with Gasteiger partial charge in [-0.05, 0) is 25.0 Å². The van der Waals surface area contributed by atoms with Crippen molar-refractivity contribution >= 4 is 22.8 Å². The van der Waals surface area contributed by atoms with Gasteiger partial charge in [0.2, 0.25) is 5.91 Å². The Hall–Kier alpha value is -2.54. The lowest BCUT2D eigenvalue weighted by molar-refractivity contribution is -0.124. The fraction of sp³-hybridized carbons (Fsp3) is 0.375. The van der Waals surface area contributed by atoms with Gasteiger partial charge < -0.3 is 21.4 Å². The van der Waals surface area contributed by atoms with Crippen molar-refractivity contribution < 1.29 is 4.79 Å². The van der Waals surface area contributed by atoms with Gasteiger partial charge in [0.25, 0.3) is 0 Å². The number of hydrogen-bond donors (Lipinski definition) is 5. The largest absolute Gasteiger partial charge is 0.370 e. The van der Waals surface area contributed by atoms with Crippen molar-refractivity contribution in [2.24, 2.45) is 10.7 Å². The maximum absolute atomic E-state index is 11.5. The molecule has 0 bridgehead atoms. The standard InChI is InChI=1S/C16H22N6O/c1-10-8-14(23)21-16(20-10)22-15(17)18-7-6-11-9-19-13-5-3-2-4-12(11)13/h2-5,9-10,16,19-20H,6-8H2,1H3,(H,21,23)(H3,17,18,22). The Labute approximate surface area is 134 Å². The molecule has 1 aromatic heterocycles. The molecule has 0 saturated carbocycles. The second-order valence-electron chi connectivity index (χ2n) is 5.79. The molecular formula is C16H22N6O. The number of fused-ring (bicyclic) bond motifs is 1. The number of aromatic nitrogens is 1. The van der Waals surface area contributed by atoms with Gasteiger partial charge in [-0.3, -0.25) is 15.1 Å². The first-order chi connectivity index (χ1) is 11.1. The molecule has 1 aromatic carbocycles. The summed E-state index contributed by atoms with van der Waals surface area (Å²) < 4.78 is 0. The van der Waals surface area contributed by atoms with Gasteiger partial charge in [-0.1, -0.05) is 18.2 Å². The van der Waals surface area contributed by atoms with E-state index in [0.717, 1.165) is 11.9 Å². The van der Waals surface area contributed by atoms with Crippen LogP contribution >= 0.6 is 0 Å². The SMILES string of the molecule is CC1CC(=O)NC(NC(N)=NCCc2c[nH]c3ccccc23)N1. The lowest BCUT2D eigenvalue weighted by atomic mass is 10.1. The first-order valence-electron chi connectivity index (χ1n) is 7.78. The molecular weight excluding hydrogens is 292 g/mol. The second kappa shape index (κ2) is 6.70. The third kappa shape index (κ3) is 3.81. The molecule has 7 heteroatoms. The van der Waals surface area contributed by atoms with Gasteiger partial charge in [0, 0.05) is 36.1 Å². The molecule has 122 valence electrons. The van der Waals surface area contributed by atoms with Crippen LogP contribution in [0.1, 0.15) is 18.9 Å². The summed E-state index contributed by atoms with van der Waals surface area (Å²) in [4.78, 5) is 19.1. The van der Waals surface area contributed by atoms with Crippen LogP contribution in [-0.4, -0.2) is 35.7 Å². The highest BCUT2D eigenvalue weighted by molar-refractivity contribution is 5.83. The Bertz CT molecular complexity index is 722. The zero-order chi connectivity index (χ0) is 16.2. The number of nitrogens with two attached hydrogens (primary N) is 1. The summed E-state index contributed by atoms with van der Waals surface area (Å²) in [6.45, 7) is 2.54. The molecule has 1 aliphatic rings. The molecule has 1 aliphatic heterocycles. The molecule has 7 nitrogen and oxygen atoms in total. The number of nitrogens with zero attached hydrogens (tertiary/aromatic N) is 1. The maximum Gasteiger partial charge on any atom is 0.224 e. The first kappa shape index (κ1) is 15.4. The molecule has 0 spiro atoms. The summed E-state index contributed by atoms with van der Waals surface area (Å²) in [6, 6.07) is 8.29. The van der Waals surface area contributed by atoms with Gasteiger partial charge >= 0.3 is 0 Å². The number of nitrogens with one attached hydrogen (secondary N) is 4. The fourth-order valence-electron chi connectivity index (χ4n) is 2.79. The molecule has 1 amide bonds. The van der Waals surface area contributed by atoms with Gasteiger partial charge in [0.1, 0.15) is 0 Å². The number of carbonyl (C=O) groups excluding carboxylic acids is 1.